The molecule has 0 amide bonds. The maximum atomic E-state index is 14.5. The van der Waals surface area contributed by atoms with Gasteiger partial charge in [-0.15, -0.1) is 0 Å². The van der Waals surface area contributed by atoms with E-state index in [0.29, 0.717) is 5.56 Å². The van der Waals surface area contributed by atoms with Crippen LogP contribution in [0.1, 0.15) is 12.0 Å². The maximum absolute atomic E-state index is 14.5. The molecule has 0 bridgehead atoms. The molecule has 0 aliphatic carbocycles. The predicted octanol–water partition coefficient (Wildman–Crippen LogP) is -4.33. The van der Waals surface area contributed by atoms with Crippen molar-refractivity contribution in [1.82, 2.24) is 0 Å². The molecule has 4 aliphatic rings. The van der Waals surface area contributed by atoms with Crippen LogP contribution in [0.25, 0.3) is 28.4 Å². The van der Waals surface area contributed by atoms with Crippen molar-refractivity contribution in [3.63, 3.8) is 0 Å². The normalized spacial score (nSPS) is 34.9. The highest BCUT2D eigenvalue weighted by Crippen LogP contribution is 2.39. The summed E-state index contributed by atoms with van der Waals surface area (Å²) in [6.07, 6.45) is -28.6. The molecule has 5 heterocycles. The minimum Gasteiger partial charge on any atom is -0.507 e. The van der Waals surface area contributed by atoms with Gasteiger partial charge in [0, 0.05) is 30.2 Å². The van der Waals surface area contributed by atoms with E-state index < -0.39 is 183 Å². The third-order valence-electron chi connectivity index (χ3n) is 12.9. The van der Waals surface area contributed by atoms with E-state index in [-0.39, 0.29) is 29.2 Å². The molecular weight excluding hydrogens is 1020 g/mol. The van der Waals surface area contributed by atoms with Crippen molar-refractivity contribution >= 4 is 23.0 Å². The number of rotatable bonds is 17. The Labute approximate surface area is 427 Å². The van der Waals surface area contributed by atoms with Crippen molar-refractivity contribution in [2.75, 3.05) is 26.4 Å². The third-order valence-corrected chi connectivity index (χ3v) is 12.9. The molecular formula is C48H56O28. The number of fused-ring (bicyclic) bond motifs is 1. The molecule has 8 rings (SSSR count). The maximum Gasteiger partial charge on any atom is 0.330 e. The molecule has 3 aromatic carbocycles. The first-order valence-corrected chi connectivity index (χ1v) is 23.5. The highest BCUT2D eigenvalue weighted by molar-refractivity contribution is 5.88. The average Bonchev–Trinajstić information content (AvgIpc) is 3.42. The first-order valence-electron chi connectivity index (χ1n) is 23.5. The van der Waals surface area contributed by atoms with Crippen LogP contribution in [0.15, 0.2) is 76.0 Å². The van der Waals surface area contributed by atoms with Crippen molar-refractivity contribution < 1.29 is 133 Å². The minimum atomic E-state index is -2.10. The van der Waals surface area contributed by atoms with Gasteiger partial charge in [0.1, 0.15) is 126 Å². The number of hydrogen-bond acceptors (Lipinski definition) is 28. The molecule has 0 radical (unpaired) electrons. The quantitative estimate of drug-likeness (QED) is 0.0206. The third kappa shape index (κ3) is 12.0. The number of phenols is 1. The first kappa shape index (κ1) is 56.5. The second-order valence-corrected chi connectivity index (χ2v) is 18.0. The summed E-state index contributed by atoms with van der Waals surface area (Å²) in [5.74, 6) is -3.18. The fraction of sp³-hybridized carbons (Fsp3) is 0.500. The van der Waals surface area contributed by atoms with Gasteiger partial charge in [0.2, 0.25) is 36.3 Å². The molecule has 12 unspecified atom stereocenters. The largest absolute Gasteiger partial charge is 0.507 e. The number of carbonyl (C=O) groups is 1. The second kappa shape index (κ2) is 24.3. The summed E-state index contributed by atoms with van der Waals surface area (Å²) in [5.41, 5.74) is -1.10. The summed E-state index contributed by atoms with van der Waals surface area (Å²) in [5, 5.41) is 154. The minimum absolute atomic E-state index is 0.00938. The Balaban J connectivity index is 1.02. The van der Waals surface area contributed by atoms with E-state index in [1.807, 2.05) is 0 Å². The molecule has 15 N–H and O–H groups in total. The van der Waals surface area contributed by atoms with Crippen molar-refractivity contribution in [2.24, 2.45) is 0 Å². The van der Waals surface area contributed by atoms with E-state index in [0.717, 1.165) is 18.2 Å². The van der Waals surface area contributed by atoms with Gasteiger partial charge in [-0.05, 0) is 48.0 Å². The lowest BCUT2D eigenvalue weighted by atomic mass is 9.99. The summed E-state index contributed by atoms with van der Waals surface area (Å²) in [4.78, 5) is 31.7. The fourth-order valence-electron chi connectivity index (χ4n) is 8.56. The molecule has 0 saturated carbocycles. The topological polar surface area (TPSA) is 443 Å². The van der Waals surface area contributed by atoms with E-state index >= 15 is 0 Å². The van der Waals surface area contributed by atoms with Crippen LogP contribution in [-0.4, -0.2) is 226 Å². The van der Waals surface area contributed by atoms with Gasteiger partial charge in [-0.1, -0.05) is 12.1 Å². The van der Waals surface area contributed by atoms with Crippen molar-refractivity contribution in [1.29, 1.82) is 0 Å². The summed E-state index contributed by atoms with van der Waals surface area (Å²) in [7, 11) is 0. The first-order chi connectivity index (χ1) is 36.3. The number of benzene rings is 3. The highest BCUT2D eigenvalue weighted by Gasteiger charge is 2.48. The van der Waals surface area contributed by atoms with Gasteiger partial charge in [0.15, 0.2) is 5.76 Å². The van der Waals surface area contributed by atoms with Gasteiger partial charge in [0.25, 0.3) is 0 Å². The van der Waals surface area contributed by atoms with Gasteiger partial charge < -0.3 is 119 Å². The highest BCUT2D eigenvalue weighted by atomic mass is 17.1. The average molecular weight is 1080 g/mol. The molecule has 76 heavy (non-hydrogen) atoms. The number of phenolic OH excluding ortho intramolecular Hbond substituents is 1. The zero-order valence-electron chi connectivity index (χ0n) is 39.4. The number of esters is 1. The summed E-state index contributed by atoms with van der Waals surface area (Å²) >= 11 is 0. The Morgan fingerprint density at radius 1 is 0.579 bits per heavy atom. The molecule has 4 fully saturated rings. The Kier molecular flexibility index (Phi) is 18.1. The lowest BCUT2D eigenvalue weighted by molar-refractivity contribution is -0.343. The van der Waals surface area contributed by atoms with Crippen LogP contribution in [0.3, 0.4) is 0 Å². The molecule has 28 nitrogen and oxygen atoms in total. The number of aromatic hydroxyl groups is 1. The molecule has 28 heteroatoms. The zero-order chi connectivity index (χ0) is 54.7. The summed E-state index contributed by atoms with van der Waals surface area (Å²) < 4.78 is 56.4. The van der Waals surface area contributed by atoms with Crippen LogP contribution in [0, 0.1) is 0 Å². The van der Waals surface area contributed by atoms with Crippen LogP contribution in [-0.2, 0) is 33.4 Å². The number of ether oxygens (including phenoxy) is 9. The van der Waals surface area contributed by atoms with E-state index in [1.54, 1.807) is 0 Å². The number of aliphatic hydroxyl groups is 13. The van der Waals surface area contributed by atoms with Gasteiger partial charge >= 0.3 is 5.97 Å². The standard InChI is InChI=1S/C48H56O28/c49-14-23-13-26(76-65)35(57)45(70-23)67-21-8-4-19(5-9-21)43-44(36(58)31-24(52)11-22(12-25(31)71-43)69-47-41(63)38(60)33(55)28(16-51)73-47)75-48-42(64)39(61)34(56)29(74-48)17-66-30(53)10-3-18-1-6-20(7-2-18)68-46-40(62)37(59)32(54)27(15-50)72-46/h1-12,23,26-29,32-35,37-42,45-52,54-57,59-65H,13-17H2/b10-3+/t23?,26?,27?,28?,29?,32-,33-,34-,35?,37?,38?,39?,40?,41?,42?,45-,46-,47-,48+/m1/s1. The SMILES string of the molecule is O=C(/C=C/c1ccc(O[C@@H]2OC(CO)[C@@H](O)C(O)C2O)cc1)OCC1O[C@@H](Oc2c(-c3ccc(O[C@@H]4OC(CO)CC(OO)C4O)cc3)oc3cc(O[C@@H]4OC(CO)[C@@H](O)C(O)C4O)cc(O)c3c2=O)C(O)C(O)[C@@H]1O. The Morgan fingerprint density at radius 3 is 1.62 bits per heavy atom. The second-order valence-electron chi connectivity index (χ2n) is 18.0. The number of hydrogen-bond donors (Lipinski definition) is 15. The predicted molar refractivity (Wildman–Crippen MR) is 247 cm³/mol. The number of aliphatic hydroxyl groups excluding tert-OH is 13. The van der Waals surface area contributed by atoms with Gasteiger partial charge in [-0.25, -0.2) is 9.68 Å². The fourth-order valence-corrected chi connectivity index (χ4v) is 8.56. The van der Waals surface area contributed by atoms with Crippen LogP contribution in [0.5, 0.6) is 28.7 Å². The molecule has 19 atom stereocenters. The molecule has 416 valence electrons. The van der Waals surface area contributed by atoms with Crippen LogP contribution in [0.4, 0.5) is 0 Å². The Hall–Kier alpha value is -5.68. The Bertz CT molecular complexity index is 2660. The monoisotopic (exact) mass is 1080 g/mol. The number of carbonyl (C=O) groups excluding carboxylic acids is 1. The smallest absolute Gasteiger partial charge is 0.330 e. The van der Waals surface area contributed by atoms with Gasteiger partial charge in [-0.3, -0.25) is 10.1 Å². The van der Waals surface area contributed by atoms with E-state index in [9.17, 15) is 86.3 Å². The molecule has 4 aromatic rings. The van der Waals surface area contributed by atoms with Crippen molar-refractivity contribution in [3.8, 4) is 40.1 Å². The molecule has 0 spiro atoms. The lowest BCUT2D eigenvalue weighted by Gasteiger charge is -2.39. The van der Waals surface area contributed by atoms with E-state index in [1.165, 1.54) is 54.6 Å². The van der Waals surface area contributed by atoms with Crippen molar-refractivity contribution in [2.45, 2.75) is 123 Å². The molecule has 4 saturated heterocycles. The van der Waals surface area contributed by atoms with Gasteiger partial charge in [-0.2, -0.15) is 0 Å². The van der Waals surface area contributed by atoms with Crippen LogP contribution >= 0.6 is 0 Å². The Morgan fingerprint density at radius 2 is 1.08 bits per heavy atom. The summed E-state index contributed by atoms with van der Waals surface area (Å²) in [6, 6.07) is 13.1. The van der Waals surface area contributed by atoms with Gasteiger partial charge in [0.05, 0.1) is 25.9 Å². The summed E-state index contributed by atoms with van der Waals surface area (Å²) in [6.45, 7) is -2.71. The van der Waals surface area contributed by atoms with Crippen LogP contribution < -0.4 is 24.4 Å². The van der Waals surface area contributed by atoms with E-state index in [2.05, 4.69) is 4.89 Å². The van der Waals surface area contributed by atoms with Crippen LogP contribution in [0.2, 0.25) is 0 Å². The molecule has 1 aromatic heterocycles. The lowest BCUT2D eigenvalue weighted by Crippen LogP contribution is -2.60. The van der Waals surface area contributed by atoms with Crippen molar-refractivity contribution in [3.05, 3.63) is 82.5 Å². The van der Waals surface area contributed by atoms with E-state index in [4.69, 9.17) is 47.0 Å². The molecule has 4 aliphatic heterocycles. The zero-order valence-corrected chi connectivity index (χ0v) is 39.4.